The first-order chi connectivity index (χ1) is 16.3. The van der Waals surface area contributed by atoms with Gasteiger partial charge in [-0.1, -0.05) is 70.9 Å². The van der Waals surface area contributed by atoms with Crippen molar-refractivity contribution in [1.29, 1.82) is 0 Å². The molecule has 4 rings (SSSR count). The standard InChI is InChI=1S/C27H17Cl3N2O2/c1-16-6-8-20(27(34)32-15-25(33)26-22(29)12-21(28)13-23(26)30)11-18(16)9-7-17-10-19-4-2-3-5-24(19)31-14-17/h2-6,8,10-14H,15H2,1H3,(H,32,34). The van der Waals surface area contributed by atoms with E-state index >= 15 is 0 Å². The highest BCUT2D eigenvalue weighted by atomic mass is 35.5. The number of nitrogens with zero attached hydrogens (tertiary/aromatic N) is 1. The Balaban J connectivity index is 1.50. The van der Waals surface area contributed by atoms with E-state index in [9.17, 15) is 9.59 Å². The molecule has 4 nitrogen and oxygen atoms in total. The quantitative estimate of drug-likeness (QED) is 0.253. The van der Waals surface area contributed by atoms with Crippen LogP contribution in [0.4, 0.5) is 0 Å². The predicted molar refractivity (Wildman–Crippen MR) is 137 cm³/mol. The number of halogens is 3. The van der Waals surface area contributed by atoms with Crippen LogP contribution >= 0.6 is 34.8 Å². The van der Waals surface area contributed by atoms with Crippen LogP contribution in [0.2, 0.25) is 15.1 Å². The molecule has 0 aliphatic rings. The summed E-state index contributed by atoms with van der Waals surface area (Å²) in [5.41, 5.74) is 3.80. The number of amides is 1. The molecule has 0 aliphatic carbocycles. The van der Waals surface area contributed by atoms with E-state index in [1.165, 1.54) is 12.1 Å². The van der Waals surface area contributed by atoms with Crippen molar-refractivity contribution in [3.63, 3.8) is 0 Å². The molecule has 0 atom stereocenters. The number of hydrogen-bond donors (Lipinski definition) is 1. The third-order valence-electron chi connectivity index (χ3n) is 5.13. The molecule has 168 valence electrons. The Labute approximate surface area is 211 Å². The van der Waals surface area contributed by atoms with E-state index in [1.807, 2.05) is 43.3 Å². The second-order valence-corrected chi connectivity index (χ2v) is 8.80. The summed E-state index contributed by atoms with van der Waals surface area (Å²) in [4.78, 5) is 29.7. The average Bonchev–Trinajstić information content (AvgIpc) is 2.81. The van der Waals surface area contributed by atoms with Crippen LogP contribution in [0.3, 0.4) is 0 Å². The van der Waals surface area contributed by atoms with Crippen molar-refractivity contribution in [2.75, 3.05) is 6.54 Å². The van der Waals surface area contributed by atoms with Crippen LogP contribution in [0.1, 0.15) is 37.4 Å². The van der Waals surface area contributed by atoms with Gasteiger partial charge in [0, 0.05) is 33.3 Å². The number of para-hydroxylation sites is 1. The Morgan fingerprint density at radius 1 is 0.941 bits per heavy atom. The van der Waals surface area contributed by atoms with Crippen LogP contribution in [0.15, 0.2) is 66.9 Å². The lowest BCUT2D eigenvalue weighted by atomic mass is 10.0. The van der Waals surface area contributed by atoms with Gasteiger partial charge in [0.15, 0.2) is 5.78 Å². The molecule has 1 N–H and O–H groups in total. The van der Waals surface area contributed by atoms with Gasteiger partial charge >= 0.3 is 0 Å². The van der Waals surface area contributed by atoms with E-state index in [4.69, 9.17) is 34.8 Å². The molecule has 34 heavy (non-hydrogen) atoms. The van der Waals surface area contributed by atoms with Crippen LogP contribution in [0.5, 0.6) is 0 Å². The number of carbonyl (C=O) groups excluding carboxylic acids is 2. The van der Waals surface area contributed by atoms with Gasteiger partial charge in [0.1, 0.15) is 0 Å². The number of Topliss-reactive ketones (excluding diaryl/α,β-unsaturated/α-hetero) is 1. The minimum Gasteiger partial charge on any atom is -0.345 e. The van der Waals surface area contributed by atoms with Gasteiger partial charge in [-0.05, 0) is 48.9 Å². The summed E-state index contributed by atoms with van der Waals surface area (Å²) in [6.07, 6.45) is 1.72. The van der Waals surface area contributed by atoms with Crippen LogP contribution in [0, 0.1) is 18.8 Å². The largest absolute Gasteiger partial charge is 0.345 e. The van der Waals surface area contributed by atoms with E-state index in [0.717, 1.165) is 22.0 Å². The van der Waals surface area contributed by atoms with Crippen LogP contribution < -0.4 is 5.32 Å². The fraction of sp³-hybridized carbons (Fsp3) is 0.0741. The maximum Gasteiger partial charge on any atom is 0.251 e. The third kappa shape index (κ3) is 5.40. The van der Waals surface area contributed by atoms with Gasteiger partial charge < -0.3 is 5.32 Å². The van der Waals surface area contributed by atoms with E-state index in [-0.39, 0.29) is 22.2 Å². The van der Waals surface area contributed by atoms with Crippen molar-refractivity contribution >= 4 is 57.4 Å². The number of aromatic nitrogens is 1. The van der Waals surface area contributed by atoms with E-state index in [1.54, 1.807) is 18.3 Å². The number of carbonyl (C=O) groups is 2. The molecule has 3 aromatic carbocycles. The number of rotatable bonds is 4. The molecule has 0 saturated carbocycles. The summed E-state index contributed by atoms with van der Waals surface area (Å²) in [6, 6.07) is 17.8. The van der Waals surface area contributed by atoms with Gasteiger partial charge in [0.25, 0.3) is 5.91 Å². The van der Waals surface area contributed by atoms with E-state index < -0.39 is 11.7 Å². The normalized spacial score (nSPS) is 10.5. The Kier molecular flexibility index (Phi) is 7.19. The Morgan fingerprint density at radius 3 is 2.44 bits per heavy atom. The van der Waals surface area contributed by atoms with Gasteiger partial charge in [0.05, 0.1) is 27.7 Å². The summed E-state index contributed by atoms with van der Waals surface area (Å²) in [6.45, 7) is 1.65. The summed E-state index contributed by atoms with van der Waals surface area (Å²) >= 11 is 18.1. The van der Waals surface area contributed by atoms with Gasteiger partial charge in [-0.25, -0.2) is 0 Å². The van der Waals surface area contributed by atoms with Crippen molar-refractivity contribution in [3.05, 3.63) is 110 Å². The van der Waals surface area contributed by atoms with Crippen molar-refractivity contribution in [2.45, 2.75) is 6.92 Å². The molecule has 4 aromatic rings. The Hall–Kier alpha value is -3.36. The molecular weight excluding hydrogens is 491 g/mol. The third-order valence-corrected chi connectivity index (χ3v) is 5.94. The SMILES string of the molecule is Cc1ccc(C(=O)NCC(=O)c2c(Cl)cc(Cl)cc2Cl)cc1C#Cc1cnc2ccccc2c1. The number of aryl methyl sites for hydroxylation is 1. The summed E-state index contributed by atoms with van der Waals surface area (Å²) in [5, 5.41) is 4.20. The highest BCUT2D eigenvalue weighted by molar-refractivity contribution is 6.42. The maximum atomic E-state index is 12.7. The molecule has 0 spiro atoms. The monoisotopic (exact) mass is 506 g/mol. The minimum atomic E-state index is -0.420. The minimum absolute atomic E-state index is 0.118. The second-order valence-electron chi connectivity index (χ2n) is 7.55. The first kappa shape index (κ1) is 23.8. The molecule has 0 bridgehead atoms. The molecule has 1 heterocycles. The molecule has 0 radical (unpaired) electrons. The Morgan fingerprint density at radius 2 is 1.68 bits per heavy atom. The zero-order valence-corrected chi connectivity index (χ0v) is 20.2. The number of benzene rings is 3. The first-order valence-corrected chi connectivity index (χ1v) is 11.4. The highest BCUT2D eigenvalue weighted by Crippen LogP contribution is 2.29. The summed E-state index contributed by atoms with van der Waals surface area (Å²) < 4.78 is 0. The van der Waals surface area contributed by atoms with Crippen molar-refractivity contribution in [2.24, 2.45) is 0 Å². The number of fused-ring (bicyclic) bond motifs is 1. The molecule has 0 fully saturated rings. The molecule has 0 saturated heterocycles. The lowest BCUT2D eigenvalue weighted by molar-refractivity contribution is 0.0904. The summed E-state index contributed by atoms with van der Waals surface area (Å²) in [5.74, 6) is 5.39. The lowest BCUT2D eigenvalue weighted by Crippen LogP contribution is -2.30. The molecule has 0 aliphatic heterocycles. The second kappa shape index (κ2) is 10.3. The molecule has 0 unspecified atom stereocenters. The number of nitrogens with one attached hydrogen (secondary N) is 1. The topological polar surface area (TPSA) is 59.1 Å². The molecular formula is C27H17Cl3N2O2. The van der Waals surface area contributed by atoms with Crippen LogP contribution in [-0.2, 0) is 0 Å². The van der Waals surface area contributed by atoms with Crippen LogP contribution in [0.25, 0.3) is 10.9 Å². The predicted octanol–water partition coefficient (Wildman–Crippen LogP) is 6.52. The van der Waals surface area contributed by atoms with Crippen molar-refractivity contribution in [3.8, 4) is 11.8 Å². The number of hydrogen-bond acceptors (Lipinski definition) is 3. The van der Waals surface area contributed by atoms with E-state index in [0.29, 0.717) is 16.1 Å². The summed E-state index contributed by atoms with van der Waals surface area (Å²) in [7, 11) is 0. The first-order valence-electron chi connectivity index (χ1n) is 10.3. The Bertz CT molecular complexity index is 1480. The highest BCUT2D eigenvalue weighted by Gasteiger charge is 2.17. The van der Waals surface area contributed by atoms with Crippen LogP contribution in [-0.4, -0.2) is 23.2 Å². The number of pyridine rings is 1. The lowest BCUT2D eigenvalue weighted by Gasteiger charge is -2.09. The van der Waals surface area contributed by atoms with Gasteiger partial charge in [-0.2, -0.15) is 0 Å². The molecule has 7 heteroatoms. The zero-order chi connectivity index (χ0) is 24.2. The fourth-order valence-electron chi connectivity index (χ4n) is 3.34. The number of ketones is 1. The maximum absolute atomic E-state index is 12.7. The smallest absolute Gasteiger partial charge is 0.251 e. The van der Waals surface area contributed by atoms with Gasteiger partial charge in [-0.3, -0.25) is 14.6 Å². The van der Waals surface area contributed by atoms with Crippen molar-refractivity contribution in [1.82, 2.24) is 10.3 Å². The van der Waals surface area contributed by atoms with Gasteiger partial charge in [0.2, 0.25) is 0 Å². The van der Waals surface area contributed by atoms with E-state index in [2.05, 4.69) is 22.1 Å². The zero-order valence-electron chi connectivity index (χ0n) is 18.0. The van der Waals surface area contributed by atoms with Gasteiger partial charge in [-0.15, -0.1) is 0 Å². The average molecular weight is 508 g/mol. The molecule has 1 amide bonds. The van der Waals surface area contributed by atoms with Crippen molar-refractivity contribution < 1.29 is 9.59 Å². The molecule has 1 aromatic heterocycles. The fourth-order valence-corrected chi connectivity index (χ4v) is 4.36.